The summed E-state index contributed by atoms with van der Waals surface area (Å²) < 4.78 is 0. The Morgan fingerprint density at radius 3 is 2.83 bits per heavy atom. The van der Waals surface area contributed by atoms with E-state index in [0.717, 1.165) is 24.9 Å². The number of carbonyl (C=O) groups is 1. The first-order chi connectivity index (χ1) is 8.65. The number of nitrogens with one attached hydrogen (secondary N) is 2. The number of hydrogen-bond acceptors (Lipinski definition) is 2. The van der Waals surface area contributed by atoms with Crippen LogP contribution in [0.15, 0.2) is 24.3 Å². The van der Waals surface area contributed by atoms with Crippen LogP contribution in [-0.4, -0.2) is 18.5 Å². The molecule has 3 nitrogen and oxygen atoms in total. The van der Waals surface area contributed by atoms with Gasteiger partial charge in [-0.2, -0.15) is 0 Å². The molecule has 2 rings (SSSR count). The van der Waals surface area contributed by atoms with Gasteiger partial charge in [0, 0.05) is 11.6 Å². The molecule has 1 heterocycles. The number of benzene rings is 1. The first kappa shape index (κ1) is 13.4. The molecule has 4 heteroatoms. The molecule has 1 aromatic rings. The van der Waals surface area contributed by atoms with Crippen LogP contribution in [-0.2, 0) is 11.3 Å². The van der Waals surface area contributed by atoms with Crippen LogP contribution in [0, 0.1) is 5.92 Å². The summed E-state index contributed by atoms with van der Waals surface area (Å²) in [6.07, 6.45) is 2.08. The van der Waals surface area contributed by atoms with E-state index in [1.54, 1.807) is 0 Å². The molecule has 1 aromatic carbocycles. The highest BCUT2D eigenvalue weighted by Gasteiger charge is 2.23. The number of carbonyl (C=O) groups excluding carboxylic acids is 1. The molecule has 2 N–H and O–H groups in total. The molecule has 1 amide bonds. The zero-order valence-electron chi connectivity index (χ0n) is 10.6. The third kappa shape index (κ3) is 3.72. The van der Waals surface area contributed by atoms with Crippen molar-refractivity contribution >= 4 is 17.5 Å². The molecule has 0 spiro atoms. The minimum Gasteiger partial charge on any atom is -0.351 e. The Bertz CT molecular complexity index is 405. The van der Waals surface area contributed by atoms with Gasteiger partial charge in [0.25, 0.3) is 0 Å². The Morgan fingerprint density at radius 1 is 1.44 bits per heavy atom. The fourth-order valence-corrected chi connectivity index (χ4v) is 2.35. The molecule has 2 unspecified atom stereocenters. The highest BCUT2D eigenvalue weighted by molar-refractivity contribution is 6.30. The summed E-state index contributed by atoms with van der Waals surface area (Å²) in [5.74, 6) is 0.717. The van der Waals surface area contributed by atoms with Gasteiger partial charge in [-0.3, -0.25) is 4.79 Å². The van der Waals surface area contributed by atoms with Crippen molar-refractivity contribution in [2.24, 2.45) is 5.92 Å². The van der Waals surface area contributed by atoms with Crippen LogP contribution >= 0.6 is 11.6 Å². The van der Waals surface area contributed by atoms with Crippen molar-refractivity contribution in [3.8, 4) is 0 Å². The Balaban J connectivity index is 1.82. The van der Waals surface area contributed by atoms with Crippen LogP contribution in [0.5, 0.6) is 0 Å². The lowest BCUT2D eigenvalue weighted by atomic mass is 9.94. The summed E-state index contributed by atoms with van der Waals surface area (Å²) in [6.45, 7) is 3.68. The molecule has 0 aliphatic carbocycles. The van der Waals surface area contributed by atoms with E-state index >= 15 is 0 Å². The van der Waals surface area contributed by atoms with Gasteiger partial charge in [0.15, 0.2) is 0 Å². The maximum atomic E-state index is 12.0. The fourth-order valence-electron chi connectivity index (χ4n) is 2.22. The minimum atomic E-state index is -0.0407. The van der Waals surface area contributed by atoms with Gasteiger partial charge in [-0.25, -0.2) is 0 Å². The van der Waals surface area contributed by atoms with Crippen molar-refractivity contribution in [3.05, 3.63) is 34.9 Å². The molecule has 2 atom stereocenters. The number of rotatable bonds is 3. The van der Waals surface area contributed by atoms with Crippen molar-refractivity contribution in [1.29, 1.82) is 0 Å². The summed E-state index contributed by atoms with van der Waals surface area (Å²) in [6, 6.07) is 7.49. The monoisotopic (exact) mass is 266 g/mol. The van der Waals surface area contributed by atoms with E-state index in [-0.39, 0.29) is 11.9 Å². The van der Waals surface area contributed by atoms with E-state index in [1.165, 1.54) is 0 Å². The van der Waals surface area contributed by atoms with Gasteiger partial charge in [-0.05, 0) is 43.0 Å². The second-order valence-electron chi connectivity index (χ2n) is 4.98. The zero-order chi connectivity index (χ0) is 13.0. The molecular formula is C14H19ClN2O. The van der Waals surface area contributed by atoms with Crippen molar-refractivity contribution in [2.75, 3.05) is 6.54 Å². The fraction of sp³-hybridized carbons (Fsp3) is 0.500. The topological polar surface area (TPSA) is 41.1 Å². The molecule has 0 aromatic heterocycles. The standard InChI is InChI=1S/C14H19ClN2O/c1-10-6-7-16-13(8-10)14(18)17-9-11-2-4-12(15)5-3-11/h2-5,10,13,16H,6-9H2,1H3,(H,17,18). The van der Waals surface area contributed by atoms with Gasteiger partial charge in [0.1, 0.15) is 0 Å². The van der Waals surface area contributed by atoms with Gasteiger partial charge < -0.3 is 10.6 Å². The average Bonchev–Trinajstić information content (AvgIpc) is 2.38. The molecular weight excluding hydrogens is 248 g/mol. The van der Waals surface area contributed by atoms with Gasteiger partial charge in [-0.15, -0.1) is 0 Å². The third-order valence-corrected chi connectivity index (χ3v) is 3.61. The third-order valence-electron chi connectivity index (χ3n) is 3.36. The molecule has 1 aliphatic rings. The first-order valence-electron chi connectivity index (χ1n) is 6.40. The maximum Gasteiger partial charge on any atom is 0.237 e. The lowest BCUT2D eigenvalue weighted by Crippen LogP contribution is -2.48. The maximum absolute atomic E-state index is 12.0. The molecule has 0 bridgehead atoms. The molecule has 1 fully saturated rings. The molecule has 98 valence electrons. The Hall–Kier alpha value is -1.06. The average molecular weight is 267 g/mol. The second kappa shape index (κ2) is 6.21. The summed E-state index contributed by atoms with van der Waals surface area (Å²) in [5.41, 5.74) is 1.07. The Morgan fingerprint density at radius 2 is 2.17 bits per heavy atom. The molecule has 18 heavy (non-hydrogen) atoms. The predicted molar refractivity (Wildman–Crippen MR) is 73.5 cm³/mol. The van der Waals surface area contributed by atoms with Crippen molar-refractivity contribution < 1.29 is 4.79 Å². The van der Waals surface area contributed by atoms with Crippen molar-refractivity contribution in [1.82, 2.24) is 10.6 Å². The van der Waals surface area contributed by atoms with Crippen LogP contribution in [0.4, 0.5) is 0 Å². The van der Waals surface area contributed by atoms with Crippen molar-refractivity contribution in [3.63, 3.8) is 0 Å². The Kier molecular flexibility index (Phi) is 4.61. The highest BCUT2D eigenvalue weighted by Crippen LogP contribution is 2.15. The molecule has 1 aliphatic heterocycles. The molecule has 0 radical (unpaired) electrons. The SMILES string of the molecule is CC1CCNC(C(=O)NCc2ccc(Cl)cc2)C1. The first-order valence-corrected chi connectivity index (χ1v) is 6.78. The van der Waals surface area contributed by atoms with Crippen LogP contribution in [0.25, 0.3) is 0 Å². The number of amides is 1. The number of piperidine rings is 1. The van der Waals surface area contributed by atoms with Crippen LogP contribution in [0.1, 0.15) is 25.3 Å². The normalized spacial score (nSPS) is 23.7. The molecule has 1 saturated heterocycles. The van der Waals surface area contributed by atoms with E-state index in [0.29, 0.717) is 17.5 Å². The lowest BCUT2D eigenvalue weighted by molar-refractivity contribution is -0.124. The van der Waals surface area contributed by atoms with Gasteiger partial charge in [0.05, 0.1) is 6.04 Å². The van der Waals surface area contributed by atoms with Gasteiger partial charge in [-0.1, -0.05) is 30.7 Å². The smallest absolute Gasteiger partial charge is 0.237 e. The van der Waals surface area contributed by atoms with Crippen LogP contribution < -0.4 is 10.6 Å². The number of halogens is 1. The minimum absolute atomic E-state index is 0.0407. The molecule has 0 saturated carbocycles. The quantitative estimate of drug-likeness (QED) is 0.882. The summed E-state index contributed by atoms with van der Waals surface area (Å²) in [5, 5.41) is 6.94. The largest absolute Gasteiger partial charge is 0.351 e. The summed E-state index contributed by atoms with van der Waals surface area (Å²) >= 11 is 5.81. The predicted octanol–water partition coefficient (Wildman–Crippen LogP) is 2.34. The van der Waals surface area contributed by atoms with E-state index < -0.39 is 0 Å². The second-order valence-corrected chi connectivity index (χ2v) is 5.42. The van der Waals surface area contributed by atoms with Crippen LogP contribution in [0.2, 0.25) is 5.02 Å². The lowest BCUT2D eigenvalue weighted by Gasteiger charge is -2.27. The van der Waals surface area contributed by atoms with E-state index in [4.69, 9.17) is 11.6 Å². The van der Waals surface area contributed by atoms with Crippen LogP contribution in [0.3, 0.4) is 0 Å². The van der Waals surface area contributed by atoms with Gasteiger partial charge in [0.2, 0.25) is 5.91 Å². The van der Waals surface area contributed by atoms with E-state index in [1.807, 2.05) is 24.3 Å². The zero-order valence-corrected chi connectivity index (χ0v) is 11.3. The summed E-state index contributed by atoms with van der Waals surface area (Å²) in [4.78, 5) is 12.0. The Labute approximate surface area is 113 Å². The number of hydrogen-bond donors (Lipinski definition) is 2. The van der Waals surface area contributed by atoms with Crippen molar-refractivity contribution in [2.45, 2.75) is 32.4 Å². The van der Waals surface area contributed by atoms with E-state index in [2.05, 4.69) is 17.6 Å². The van der Waals surface area contributed by atoms with Gasteiger partial charge >= 0.3 is 0 Å². The summed E-state index contributed by atoms with van der Waals surface area (Å²) in [7, 11) is 0. The van der Waals surface area contributed by atoms with E-state index in [9.17, 15) is 4.79 Å². The highest BCUT2D eigenvalue weighted by atomic mass is 35.5.